The second-order valence-electron chi connectivity index (χ2n) is 8.94. The molecular formula is C28H22ClN5O2. The van der Waals surface area contributed by atoms with E-state index in [0.29, 0.717) is 10.6 Å². The number of hydrogen-bond donors (Lipinski definition) is 3. The number of aromatic amines is 1. The Hall–Kier alpha value is -4.36. The second kappa shape index (κ2) is 8.70. The van der Waals surface area contributed by atoms with E-state index in [0.717, 1.165) is 46.7 Å². The van der Waals surface area contributed by atoms with Crippen LogP contribution in [0.4, 0.5) is 11.4 Å². The molecule has 0 radical (unpaired) electrons. The normalized spacial score (nSPS) is 13.9. The quantitative estimate of drug-likeness (QED) is 0.290. The first-order chi connectivity index (χ1) is 17.5. The number of fused-ring (bicyclic) bond motifs is 1. The van der Waals surface area contributed by atoms with Crippen LogP contribution in [0.2, 0.25) is 5.02 Å². The average Bonchev–Trinajstić information content (AvgIpc) is 3.49. The summed E-state index contributed by atoms with van der Waals surface area (Å²) in [4.78, 5) is 31.8. The van der Waals surface area contributed by atoms with Gasteiger partial charge in [-0.05, 0) is 73.0 Å². The van der Waals surface area contributed by atoms with Crippen LogP contribution >= 0.6 is 11.6 Å². The fourth-order valence-electron chi connectivity index (χ4n) is 4.48. The van der Waals surface area contributed by atoms with Crippen molar-refractivity contribution in [3.63, 3.8) is 0 Å². The molecule has 178 valence electrons. The third-order valence-corrected chi connectivity index (χ3v) is 6.80. The summed E-state index contributed by atoms with van der Waals surface area (Å²) in [6, 6.07) is 22.3. The van der Waals surface area contributed by atoms with Crippen LogP contribution in [0.5, 0.6) is 0 Å². The van der Waals surface area contributed by atoms with E-state index in [1.807, 2.05) is 77.3 Å². The smallest absolute Gasteiger partial charge is 0.251 e. The Morgan fingerprint density at radius 3 is 2.50 bits per heavy atom. The molecular weight excluding hydrogens is 474 g/mol. The van der Waals surface area contributed by atoms with Crippen LogP contribution in [-0.2, 0) is 5.54 Å². The molecule has 6 rings (SSSR count). The van der Waals surface area contributed by atoms with Crippen LogP contribution < -0.4 is 16.2 Å². The number of rotatable bonds is 6. The fraction of sp³-hybridized carbons (Fsp3) is 0.107. The predicted molar refractivity (Wildman–Crippen MR) is 141 cm³/mol. The van der Waals surface area contributed by atoms with Gasteiger partial charge >= 0.3 is 0 Å². The number of pyridine rings is 2. The molecule has 1 amide bonds. The summed E-state index contributed by atoms with van der Waals surface area (Å²) < 4.78 is 1.94. The van der Waals surface area contributed by atoms with Crippen molar-refractivity contribution < 1.29 is 4.79 Å². The minimum atomic E-state index is -0.309. The van der Waals surface area contributed by atoms with E-state index in [-0.39, 0.29) is 17.0 Å². The lowest BCUT2D eigenvalue weighted by molar-refractivity contribution is 0.0931. The number of amides is 1. The van der Waals surface area contributed by atoms with Crippen molar-refractivity contribution >= 4 is 34.5 Å². The molecule has 8 heteroatoms. The summed E-state index contributed by atoms with van der Waals surface area (Å²) >= 11 is 6.01. The highest BCUT2D eigenvalue weighted by Gasteiger charge is 2.45. The number of anilines is 2. The van der Waals surface area contributed by atoms with Gasteiger partial charge in [-0.1, -0.05) is 23.7 Å². The zero-order chi connectivity index (χ0) is 24.7. The highest BCUT2D eigenvalue weighted by atomic mass is 35.5. The Labute approximate surface area is 211 Å². The van der Waals surface area contributed by atoms with Gasteiger partial charge in [0.25, 0.3) is 5.91 Å². The van der Waals surface area contributed by atoms with Crippen molar-refractivity contribution in [3.8, 4) is 11.3 Å². The lowest BCUT2D eigenvalue weighted by Gasteiger charge is -2.18. The van der Waals surface area contributed by atoms with Crippen molar-refractivity contribution in [2.45, 2.75) is 18.4 Å². The minimum absolute atomic E-state index is 0.105. The Morgan fingerprint density at radius 2 is 1.78 bits per heavy atom. The molecule has 1 saturated carbocycles. The first-order valence-electron chi connectivity index (χ1n) is 11.6. The van der Waals surface area contributed by atoms with Gasteiger partial charge in [0.15, 0.2) is 5.65 Å². The maximum atomic E-state index is 13.0. The summed E-state index contributed by atoms with van der Waals surface area (Å²) in [6.45, 7) is 0. The van der Waals surface area contributed by atoms with Crippen LogP contribution in [-0.4, -0.2) is 20.3 Å². The van der Waals surface area contributed by atoms with Crippen LogP contribution in [0.15, 0.2) is 96.2 Å². The van der Waals surface area contributed by atoms with Crippen molar-refractivity contribution in [3.05, 3.63) is 118 Å². The molecule has 3 aromatic heterocycles. The van der Waals surface area contributed by atoms with Gasteiger partial charge in [0, 0.05) is 46.5 Å². The van der Waals surface area contributed by atoms with Gasteiger partial charge in [0.1, 0.15) is 0 Å². The first kappa shape index (κ1) is 22.1. The molecule has 0 aliphatic heterocycles. The lowest BCUT2D eigenvalue weighted by atomic mass is 10.0. The van der Waals surface area contributed by atoms with Crippen molar-refractivity contribution in [2.24, 2.45) is 0 Å². The molecule has 36 heavy (non-hydrogen) atoms. The highest BCUT2D eigenvalue weighted by molar-refractivity contribution is 6.30. The predicted octanol–water partition coefficient (Wildman–Crippen LogP) is 5.51. The third-order valence-electron chi connectivity index (χ3n) is 6.55. The molecule has 0 saturated heterocycles. The van der Waals surface area contributed by atoms with Crippen LogP contribution in [0.25, 0.3) is 16.9 Å². The summed E-state index contributed by atoms with van der Waals surface area (Å²) in [7, 11) is 0. The van der Waals surface area contributed by atoms with Gasteiger partial charge in [0.05, 0.1) is 16.9 Å². The number of benzene rings is 2. The number of nitrogens with one attached hydrogen (secondary N) is 3. The first-order valence-corrected chi connectivity index (χ1v) is 12.0. The largest absolute Gasteiger partial charge is 0.352 e. The third kappa shape index (κ3) is 4.14. The van der Waals surface area contributed by atoms with Gasteiger partial charge in [-0.15, -0.1) is 0 Å². The average molecular weight is 496 g/mol. The Kier molecular flexibility index (Phi) is 5.34. The number of imidazole rings is 1. The molecule has 1 aliphatic rings. The molecule has 2 aromatic carbocycles. The maximum absolute atomic E-state index is 13.0. The molecule has 3 heterocycles. The van der Waals surface area contributed by atoms with Crippen molar-refractivity contribution in [2.75, 3.05) is 5.32 Å². The van der Waals surface area contributed by atoms with Gasteiger partial charge in [-0.3, -0.25) is 14.0 Å². The molecule has 0 unspecified atom stereocenters. The van der Waals surface area contributed by atoms with Gasteiger partial charge in [-0.25, -0.2) is 4.98 Å². The molecule has 1 fully saturated rings. The molecule has 5 aromatic rings. The Balaban J connectivity index is 1.20. The summed E-state index contributed by atoms with van der Waals surface area (Å²) in [5.41, 5.74) is 5.24. The Bertz CT molecular complexity index is 1630. The summed E-state index contributed by atoms with van der Waals surface area (Å²) in [6.07, 6.45) is 7.03. The molecule has 3 N–H and O–H groups in total. The second-order valence-corrected chi connectivity index (χ2v) is 9.38. The van der Waals surface area contributed by atoms with Crippen LogP contribution in [0.1, 0.15) is 28.8 Å². The van der Waals surface area contributed by atoms with Crippen molar-refractivity contribution in [1.82, 2.24) is 19.7 Å². The molecule has 0 atom stereocenters. The topological polar surface area (TPSA) is 91.3 Å². The van der Waals surface area contributed by atoms with Crippen molar-refractivity contribution in [1.29, 1.82) is 0 Å². The number of aromatic nitrogens is 3. The van der Waals surface area contributed by atoms with E-state index in [9.17, 15) is 9.59 Å². The van der Waals surface area contributed by atoms with Gasteiger partial charge < -0.3 is 15.6 Å². The van der Waals surface area contributed by atoms with Crippen LogP contribution in [0.3, 0.4) is 0 Å². The van der Waals surface area contributed by atoms with Gasteiger partial charge in [-0.2, -0.15) is 0 Å². The van der Waals surface area contributed by atoms with E-state index >= 15 is 0 Å². The summed E-state index contributed by atoms with van der Waals surface area (Å²) in [5, 5.41) is 7.26. The zero-order valence-corrected chi connectivity index (χ0v) is 19.9. The van der Waals surface area contributed by atoms with Crippen LogP contribution in [0, 0.1) is 0 Å². The SMILES string of the molecule is O=C(NC1(c2ccc(Cl)cc2)CC1)c1ccc(Nc2ccc(-c3cc[nH]c(=O)c3)n3ccnc23)cc1. The molecule has 7 nitrogen and oxygen atoms in total. The molecule has 0 spiro atoms. The zero-order valence-electron chi connectivity index (χ0n) is 19.2. The molecule has 0 bridgehead atoms. The van der Waals surface area contributed by atoms with E-state index in [2.05, 4.69) is 20.6 Å². The monoisotopic (exact) mass is 495 g/mol. The number of halogens is 1. The number of nitrogens with zero attached hydrogens (tertiary/aromatic N) is 2. The standard InChI is InChI=1S/C28H22ClN5O2/c29-21-5-3-20(4-6-21)28(12-13-28)33-27(36)18-1-7-22(8-2-18)32-23-9-10-24(34-16-15-31-26(23)34)19-11-14-30-25(35)17-19/h1-11,14-17,32H,12-13H2,(H,30,35)(H,33,36). The number of carbonyl (C=O) groups excluding carboxylic acids is 1. The highest BCUT2D eigenvalue weighted by Crippen LogP contribution is 2.46. The lowest BCUT2D eigenvalue weighted by Crippen LogP contribution is -2.34. The van der Waals surface area contributed by atoms with E-state index in [1.54, 1.807) is 18.5 Å². The number of H-pyrrole nitrogens is 1. The molecule has 1 aliphatic carbocycles. The maximum Gasteiger partial charge on any atom is 0.251 e. The Morgan fingerprint density at radius 1 is 1.00 bits per heavy atom. The van der Waals surface area contributed by atoms with E-state index in [1.165, 1.54) is 0 Å². The fourth-order valence-corrected chi connectivity index (χ4v) is 4.61. The summed E-state index contributed by atoms with van der Waals surface area (Å²) in [5.74, 6) is -0.105. The van der Waals surface area contributed by atoms with E-state index in [4.69, 9.17) is 11.6 Å². The van der Waals surface area contributed by atoms with E-state index < -0.39 is 0 Å². The van der Waals surface area contributed by atoms with Gasteiger partial charge in [0.2, 0.25) is 5.56 Å². The minimum Gasteiger partial charge on any atom is -0.352 e. The number of carbonyl (C=O) groups is 1. The number of hydrogen-bond acceptors (Lipinski definition) is 4.